The van der Waals surface area contributed by atoms with Gasteiger partial charge in [-0.3, -0.25) is 4.79 Å². The predicted octanol–water partition coefficient (Wildman–Crippen LogP) is 4.46. The second-order valence-electron chi connectivity index (χ2n) is 10.2. The molecule has 1 aromatic heterocycles. The first-order valence-corrected chi connectivity index (χ1v) is 13.4. The van der Waals surface area contributed by atoms with Gasteiger partial charge in [0.15, 0.2) is 0 Å². The lowest BCUT2D eigenvalue weighted by Gasteiger charge is -2.35. The Bertz CT molecular complexity index is 1210. The van der Waals surface area contributed by atoms with Gasteiger partial charge in [0.05, 0.1) is 23.6 Å². The van der Waals surface area contributed by atoms with E-state index in [-0.39, 0.29) is 30.0 Å². The van der Waals surface area contributed by atoms with Crippen LogP contribution < -0.4 is 15.1 Å². The Morgan fingerprint density at radius 3 is 2.36 bits per heavy atom. The quantitative estimate of drug-likeness (QED) is 0.528. The molecule has 0 radical (unpaired) electrons. The normalized spacial score (nSPS) is 18.3. The fraction of sp³-hybridized carbons (Fsp3) is 0.536. The Kier molecular flexibility index (Phi) is 9.23. The fourth-order valence-corrected chi connectivity index (χ4v) is 5.21. The van der Waals surface area contributed by atoms with Crippen LogP contribution in [-0.2, 0) is 17.4 Å². The van der Waals surface area contributed by atoms with Gasteiger partial charge in [0.2, 0.25) is 11.7 Å². The summed E-state index contributed by atoms with van der Waals surface area (Å²) in [5.74, 6) is -0.825. The van der Waals surface area contributed by atoms with Crippen LogP contribution in [0.3, 0.4) is 0 Å². The summed E-state index contributed by atoms with van der Waals surface area (Å²) in [5.41, 5.74) is 1.58. The van der Waals surface area contributed by atoms with Gasteiger partial charge in [-0.05, 0) is 62.1 Å². The van der Waals surface area contributed by atoms with Crippen molar-refractivity contribution in [1.29, 1.82) is 10.5 Å². The molecular weight excluding hydrogens is 507 g/mol. The summed E-state index contributed by atoms with van der Waals surface area (Å²) in [7, 11) is 0. The van der Waals surface area contributed by atoms with Gasteiger partial charge in [0.25, 0.3) is 0 Å². The van der Waals surface area contributed by atoms with Gasteiger partial charge in [-0.2, -0.15) is 23.7 Å². The van der Waals surface area contributed by atoms with Gasteiger partial charge >= 0.3 is 6.18 Å². The maximum Gasteiger partial charge on any atom is 0.451 e. The van der Waals surface area contributed by atoms with E-state index >= 15 is 0 Å². The van der Waals surface area contributed by atoms with E-state index in [1.165, 1.54) is 0 Å². The average Bonchev–Trinajstić information content (AvgIpc) is 2.96. The Morgan fingerprint density at radius 1 is 1.03 bits per heavy atom. The highest BCUT2D eigenvalue weighted by atomic mass is 19.4. The van der Waals surface area contributed by atoms with Gasteiger partial charge in [-0.1, -0.05) is 12.1 Å². The van der Waals surface area contributed by atoms with E-state index in [2.05, 4.69) is 27.4 Å². The molecule has 11 heteroatoms. The van der Waals surface area contributed by atoms with Gasteiger partial charge in [-0.25, -0.2) is 9.97 Å². The van der Waals surface area contributed by atoms with Crippen LogP contribution in [0.4, 0.5) is 24.8 Å². The summed E-state index contributed by atoms with van der Waals surface area (Å²) in [6.07, 6.45) is 0.141. The van der Waals surface area contributed by atoms with Crippen molar-refractivity contribution in [2.75, 3.05) is 42.5 Å². The van der Waals surface area contributed by atoms with E-state index in [0.29, 0.717) is 63.3 Å². The molecular formula is C28H32F3N7O. The van der Waals surface area contributed by atoms with Crippen molar-refractivity contribution >= 4 is 17.5 Å². The fourth-order valence-electron chi connectivity index (χ4n) is 5.21. The molecule has 2 aromatic rings. The molecule has 1 N–H and O–H groups in total. The van der Waals surface area contributed by atoms with Crippen LogP contribution in [0.1, 0.15) is 55.5 Å². The number of benzene rings is 1. The maximum absolute atomic E-state index is 13.7. The van der Waals surface area contributed by atoms with Gasteiger partial charge in [0, 0.05) is 45.2 Å². The number of hydrogen-bond donors (Lipinski definition) is 1. The number of carbonyl (C=O) groups excluding carboxylic acids is 1. The lowest BCUT2D eigenvalue weighted by atomic mass is 9.92. The number of nitriles is 2. The number of nitrogens with one attached hydrogen (secondary N) is 1. The number of carbonyl (C=O) groups is 1. The highest BCUT2D eigenvalue weighted by molar-refractivity contribution is 5.79. The van der Waals surface area contributed by atoms with Crippen LogP contribution in [-0.4, -0.2) is 48.6 Å². The number of amides is 1. The molecule has 2 saturated heterocycles. The lowest BCUT2D eigenvalue weighted by Crippen LogP contribution is -2.44. The number of nitrogens with zero attached hydrogens (tertiary/aromatic N) is 6. The molecule has 2 aliphatic rings. The number of rotatable bonds is 8. The first-order chi connectivity index (χ1) is 18.8. The molecule has 206 valence electrons. The largest absolute Gasteiger partial charge is 0.451 e. The number of halogens is 3. The predicted molar refractivity (Wildman–Crippen MR) is 140 cm³/mol. The third-order valence-corrected chi connectivity index (χ3v) is 7.47. The molecule has 0 unspecified atom stereocenters. The van der Waals surface area contributed by atoms with Gasteiger partial charge in [0.1, 0.15) is 11.6 Å². The van der Waals surface area contributed by atoms with Crippen molar-refractivity contribution in [3.63, 3.8) is 0 Å². The highest BCUT2D eigenvalue weighted by Crippen LogP contribution is 2.33. The molecule has 3 heterocycles. The van der Waals surface area contributed by atoms with E-state index < -0.39 is 12.0 Å². The second-order valence-corrected chi connectivity index (χ2v) is 10.2. The summed E-state index contributed by atoms with van der Waals surface area (Å²) in [4.78, 5) is 24.2. The smallest absolute Gasteiger partial charge is 0.356 e. The first-order valence-electron chi connectivity index (χ1n) is 13.4. The minimum absolute atomic E-state index is 0.127. The van der Waals surface area contributed by atoms with Gasteiger partial charge in [-0.15, -0.1) is 0 Å². The zero-order chi connectivity index (χ0) is 27.8. The Morgan fingerprint density at radius 2 is 1.72 bits per heavy atom. The monoisotopic (exact) mass is 539 g/mol. The third kappa shape index (κ3) is 7.60. The number of hydrogen-bond acceptors (Lipinski definition) is 7. The van der Waals surface area contributed by atoms with E-state index in [4.69, 9.17) is 10.5 Å². The van der Waals surface area contributed by atoms with Crippen LogP contribution >= 0.6 is 0 Å². The van der Waals surface area contributed by atoms with Crippen LogP contribution in [0, 0.1) is 34.5 Å². The molecule has 2 fully saturated rings. The second kappa shape index (κ2) is 12.8. The summed E-state index contributed by atoms with van der Waals surface area (Å²) in [6, 6.07) is 13.0. The molecule has 8 nitrogen and oxygen atoms in total. The van der Waals surface area contributed by atoms with Crippen molar-refractivity contribution in [3.8, 4) is 12.1 Å². The summed E-state index contributed by atoms with van der Waals surface area (Å²) >= 11 is 0. The van der Waals surface area contributed by atoms with Crippen molar-refractivity contribution in [2.45, 2.75) is 51.1 Å². The molecule has 1 aromatic carbocycles. The van der Waals surface area contributed by atoms with Crippen LogP contribution in [0.25, 0.3) is 0 Å². The zero-order valence-corrected chi connectivity index (χ0v) is 21.8. The molecule has 1 atom stereocenters. The minimum Gasteiger partial charge on any atom is -0.356 e. The van der Waals surface area contributed by atoms with E-state index in [0.717, 1.165) is 24.8 Å². The zero-order valence-electron chi connectivity index (χ0n) is 21.8. The Labute approximate surface area is 226 Å². The van der Waals surface area contributed by atoms with Crippen molar-refractivity contribution in [1.82, 2.24) is 15.3 Å². The standard InChI is InChI=1S/C28H32F3N7O/c29-28(30,31)27-35-24(37-15-10-20(11-16-37)3-1-12-32)17-25(36-27)38-14-2-4-23(19-38)26(39)34-13-9-21-5-7-22(18-33)8-6-21/h5-8,17,20,23H,1-4,9-11,13-16,19H2,(H,34,39)/t23-/m1/s1. The maximum atomic E-state index is 13.7. The van der Waals surface area contributed by atoms with Crippen molar-refractivity contribution in [2.24, 2.45) is 11.8 Å². The molecule has 39 heavy (non-hydrogen) atoms. The summed E-state index contributed by atoms with van der Waals surface area (Å²) < 4.78 is 41.2. The van der Waals surface area contributed by atoms with E-state index in [1.807, 2.05) is 17.0 Å². The van der Waals surface area contributed by atoms with Crippen molar-refractivity contribution in [3.05, 3.63) is 47.3 Å². The lowest BCUT2D eigenvalue weighted by molar-refractivity contribution is -0.144. The number of anilines is 2. The molecule has 0 aliphatic carbocycles. The summed E-state index contributed by atoms with van der Waals surface area (Å²) in [6.45, 7) is 2.38. The number of aromatic nitrogens is 2. The topological polar surface area (TPSA) is 109 Å². The SMILES string of the molecule is N#CCCC1CCN(c2cc(N3CCC[C@@H](C(=O)NCCc4ccc(C#N)cc4)C3)nc(C(F)(F)F)n2)CC1. The molecule has 0 bridgehead atoms. The Hall–Kier alpha value is -3.86. The van der Waals surface area contributed by atoms with Crippen LogP contribution in [0.15, 0.2) is 30.3 Å². The van der Waals surface area contributed by atoms with E-state index in [1.54, 1.807) is 23.1 Å². The number of alkyl halides is 3. The van der Waals surface area contributed by atoms with Crippen molar-refractivity contribution < 1.29 is 18.0 Å². The third-order valence-electron chi connectivity index (χ3n) is 7.47. The van der Waals surface area contributed by atoms with Crippen LogP contribution in [0.2, 0.25) is 0 Å². The molecule has 4 rings (SSSR count). The summed E-state index contributed by atoms with van der Waals surface area (Å²) in [5, 5.41) is 20.7. The Balaban J connectivity index is 1.40. The van der Waals surface area contributed by atoms with E-state index in [9.17, 15) is 18.0 Å². The number of piperidine rings is 2. The van der Waals surface area contributed by atoms with Gasteiger partial charge < -0.3 is 15.1 Å². The molecule has 2 aliphatic heterocycles. The minimum atomic E-state index is -4.69. The molecule has 0 saturated carbocycles. The first kappa shape index (κ1) is 28.2. The average molecular weight is 540 g/mol. The highest BCUT2D eigenvalue weighted by Gasteiger charge is 2.37. The van der Waals surface area contributed by atoms with Crippen LogP contribution in [0.5, 0.6) is 0 Å². The molecule has 1 amide bonds. The molecule has 0 spiro atoms.